The fourth-order valence-electron chi connectivity index (χ4n) is 1.71. The Morgan fingerprint density at radius 2 is 2.05 bits per heavy atom. The van der Waals surface area contributed by atoms with Gasteiger partial charge in [0.05, 0.1) is 0 Å². The summed E-state index contributed by atoms with van der Waals surface area (Å²) >= 11 is 1.16. The van der Waals surface area contributed by atoms with Gasteiger partial charge < -0.3 is 14.6 Å². The summed E-state index contributed by atoms with van der Waals surface area (Å²) in [6.07, 6.45) is 1.65. The van der Waals surface area contributed by atoms with Crippen LogP contribution in [0.15, 0.2) is 30.4 Å². The Morgan fingerprint density at radius 3 is 2.86 bits per heavy atom. The average molecular weight is 319 g/mol. The number of anilines is 1. The zero-order chi connectivity index (χ0) is 15.5. The van der Waals surface area contributed by atoms with Crippen molar-refractivity contribution in [3.8, 4) is 22.1 Å². The SMILES string of the molecule is O=C(O)C=CC(=O)Nc1nnc(-c2ccc3c(c2)OCO3)s1. The van der Waals surface area contributed by atoms with E-state index in [4.69, 9.17) is 14.6 Å². The van der Waals surface area contributed by atoms with E-state index < -0.39 is 11.9 Å². The lowest BCUT2D eigenvalue weighted by Crippen LogP contribution is -2.08. The van der Waals surface area contributed by atoms with Gasteiger partial charge in [-0.2, -0.15) is 0 Å². The summed E-state index contributed by atoms with van der Waals surface area (Å²) in [4.78, 5) is 21.8. The van der Waals surface area contributed by atoms with E-state index in [1.54, 1.807) is 12.1 Å². The van der Waals surface area contributed by atoms with Gasteiger partial charge in [-0.05, 0) is 18.2 Å². The van der Waals surface area contributed by atoms with Crippen LogP contribution in [-0.4, -0.2) is 34.0 Å². The summed E-state index contributed by atoms with van der Waals surface area (Å²) in [5.41, 5.74) is 0.781. The van der Waals surface area contributed by atoms with Crippen LogP contribution in [0.25, 0.3) is 10.6 Å². The lowest BCUT2D eigenvalue weighted by Gasteiger charge is -1.98. The molecular formula is C13H9N3O5S. The van der Waals surface area contributed by atoms with Gasteiger partial charge in [-0.3, -0.25) is 10.1 Å². The molecular weight excluding hydrogens is 310 g/mol. The second-order valence-electron chi connectivity index (χ2n) is 4.14. The number of hydrogen-bond acceptors (Lipinski definition) is 7. The number of ether oxygens (including phenoxy) is 2. The average Bonchev–Trinajstić information content (AvgIpc) is 3.12. The number of fused-ring (bicyclic) bond motifs is 1. The van der Waals surface area contributed by atoms with Crippen LogP contribution in [0.2, 0.25) is 0 Å². The maximum atomic E-state index is 11.5. The number of amides is 1. The Labute approximate surface area is 128 Å². The number of aliphatic carboxylic acids is 1. The van der Waals surface area contributed by atoms with Gasteiger partial charge in [-0.1, -0.05) is 11.3 Å². The lowest BCUT2D eigenvalue weighted by molar-refractivity contribution is -0.131. The van der Waals surface area contributed by atoms with Crippen molar-refractivity contribution in [2.24, 2.45) is 0 Å². The van der Waals surface area contributed by atoms with E-state index in [0.29, 0.717) is 16.5 Å². The van der Waals surface area contributed by atoms with Crippen LogP contribution in [0.3, 0.4) is 0 Å². The quantitative estimate of drug-likeness (QED) is 0.822. The highest BCUT2D eigenvalue weighted by molar-refractivity contribution is 7.18. The van der Waals surface area contributed by atoms with Gasteiger partial charge >= 0.3 is 5.97 Å². The maximum Gasteiger partial charge on any atom is 0.328 e. The van der Waals surface area contributed by atoms with Gasteiger partial charge in [-0.25, -0.2) is 4.79 Å². The van der Waals surface area contributed by atoms with E-state index in [1.165, 1.54) is 0 Å². The molecule has 0 bridgehead atoms. The van der Waals surface area contributed by atoms with Gasteiger partial charge in [0.1, 0.15) is 5.01 Å². The summed E-state index contributed by atoms with van der Waals surface area (Å²) in [6, 6.07) is 5.36. The van der Waals surface area contributed by atoms with Crippen LogP contribution in [0, 0.1) is 0 Å². The summed E-state index contributed by atoms with van der Waals surface area (Å²) in [7, 11) is 0. The number of aromatic nitrogens is 2. The fraction of sp³-hybridized carbons (Fsp3) is 0.0769. The second kappa shape index (κ2) is 5.82. The third-order valence-corrected chi connectivity index (χ3v) is 3.54. The Bertz CT molecular complexity index is 771. The fourth-order valence-corrected chi connectivity index (χ4v) is 2.46. The van der Waals surface area contributed by atoms with E-state index >= 15 is 0 Å². The molecule has 1 aliphatic heterocycles. The van der Waals surface area contributed by atoms with Gasteiger partial charge in [-0.15, -0.1) is 10.2 Å². The predicted octanol–water partition coefficient (Wildman–Crippen LogP) is 1.51. The molecule has 0 saturated heterocycles. The molecule has 1 aromatic heterocycles. The lowest BCUT2D eigenvalue weighted by atomic mass is 10.2. The summed E-state index contributed by atoms with van der Waals surface area (Å²) in [5.74, 6) is -0.493. The predicted molar refractivity (Wildman–Crippen MR) is 76.9 cm³/mol. The van der Waals surface area contributed by atoms with Crippen molar-refractivity contribution in [3.05, 3.63) is 30.4 Å². The van der Waals surface area contributed by atoms with E-state index in [1.807, 2.05) is 6.07 Å². The van der Waals surface area contributed by atoms with E-state index in [-0.39, 0.29) is 11.9 Å². The molecule has 0 unspecified atom stereocenters. The van der Waals surface area contributed by atoms with Crippen molar-refractivity contribution < 1.29 is 24.2 Å². The van der Waals surface area contributed by atoms with Crippen molar-refractivity contribution in [2.45, 2.75) is 0 Å². The molecule has 112 valence electrons. The van der Waals surface area contributed by atoms with E-state index in [2.05, 4.69) is 15.5 Å². The molecule has 0 atom stereocenters. The number of benzene rings is 1. The maximum absolute atomic E-state index is 11.5. The van der Waals surface area contributed by atoms with Crippen molar-refractivity contribution in [2.75, 3.05) is 12.1 Å². The highest BCUT2D eigenvalue weighted by Gasteiger charge is 2.16. The van der Waals surface area contributed by atoms with Crippen LogP contribution >= 0.6 is 11.3 Å². The van der Waals surface area contributed by atoms with Crippen LogP contribution in [0.4, 0.5) is 5.13 Å². The standard InChI is InChI=1S/C13H9N3O5S/c17-10(3-4-11(18)19)14-13-16-15-12(22-13)7-1-2-8-9(5-7)21-6-20-8/h1-5H,6H2,(H,18,19)(H,14,16,17). The van der Waals surface area contributed by atoms with Gasteiger partial charge in [0, 0.05) is 17.7 Å². The molecule has 9 heteroatoms. The summed E-state index contributed by atoms with van der Waals surface area (Å²) in [5, 5.41) is 19.6. The first-order valence-corrected chi connectivity index (χ1v) is 6.89. The molecule has 0 radical (unpaired) electrons. The van der Waals surface area contributed by atoms with Gasteiger partial charge in [0.2, 0.25) is 17.8 Å². The van der Waals surface area contributed by atoms with Crippen LogP contribution in [0.5, 0.6) is 11.5 Å². The normalized spacial score (nSPS) is 12.5. The van der Waals surface area contributed by atoms with Crippen molar-refractivity contribution in [1.82, 2.24) is 10.2 Å². The number of carbonyl (C=O) groups excluding carboxylic acids is 1. The molecule has 2 heterocycles. The minimum absolute atomic E-state index is 0.187. The Hall–Kier alpha value is -2.94. The molecule has 0 fully saturated rings. The summed E-state index contributed by atoms with van der Waals surface area (Å²) < 4.78 is 10.5. The molecule has 2 N–H and O–H groups in total. The molecule has 0 aliphatic carbocycles. The van der Waals surface area contributed by atoms with Gasteiger partial charge in [0.15, 0.2) is 11.5 Å². The molecule has 1 aromatic carbocycles. The third kappa shape index (κ3) is 3.04. The summed E-state index contributed by atoms with van der Waals surface area (Å²) in [6.45, 7) is 0.187. The zero-order valence-corrected chi connectivity index (χ0v) is 11.8. The zero-order valence-electron chi connectivity index (χ0n) is 11.0. The van der Waals surface area contributed by atoms with E-state index in [0.717, 1.165) is 29.1 Å². The smallest absolute Gasteiger partial charge is 0.328 e. The topological polar surface area (TPSA) is 111 Å². The molecule has 2 aromatic rings. The molecule has 22 heavy (non-hydrogen) atoms. The van der Waals surface area contributed by atoms with E-state index in [9.17, 15) is 9.59 Å². The highest BCUT2D eigenvalue weighted by Crippen LogP contribution is 2.37. The molecule has 1 aliphatic rings. The van der Waals surface area contributed by atoms with Crippen molar-refractivity contribution in [1.29, 1.82) is 0 Å². The molecule has 1 amide bonds. The van der Waals surface area contributed by atoms with Crippen LogP contribution in [0.1, 0.15) is 0 Å². The number of carboxylic acid groups (broad SMARTS) is 1. The number of nitrogens with one attached hydrogen (secondary N) is 1. The Balaban J connectivity index is 1.74. The Morgan fingerprint density at radius 1 is 1.23 bits per heavy atom. The first-order valence-electron chi connectivity index (χ1n) is 6.07. The highest BCUT2D eigenvalue weighted by atomic mass is 32.1. The number of nitrogens with zero attached hydrogens (tertiary/aromatic N) is 2. The van der Waals surface area contributed by atoms with Crippen LogP contribution < -0.4 is 14.8 Å². The molecule has 8 nitrogen and oxygen atoms in total. The second-order valence-corrected chi connectivity index (χ2v) is 5.12. The monoisotopic (exact) mass is 319 g/mol. The first-order chi connectivity index (χ1) is 10.6. The Kier molecular flexibility index (Phi) is 3.71. The largest absolute Gasteiger partial charge is 0.478 e. The number of carboxylic acids is 1. The first kappa shape index (κ1) is 14.0. The van der Waals surface area contributed by atoms with Crippen molar-refractivity contribution in [3.63, 3.8) is 0 Å². The minimum atomic E-state index is -1.20. The molecule has 0 saturated carbocycles. The molecule has 3 rings (SSSR count). The minimum Gasteiger partial charge on any atom is -0.478 e. The van der Waals surface area contributed by atoms with Gasteiger partial charge in [0.25, 0.3) is 0 Å². The molecule has 0 spiro atoms. The third-order valence-electron chi connectivity index (χ3n) is 2.65. The number of hydrogen-bond donors (Lipinski definition) is 2. The van der Waals surface area contributed by atoms with Crippen LogP contribution in [-0.2, 0) is 9.59 Å². The van der Waals surface area contributed by atoms with Crippen molar-refractivity contribution >= 4 is 28.3 Å². The number of carbonyl (C=O) groups is 2. The number of rotatable bonds is 4.